The van der Waals surface area contributed by atoms with Gasteiger partial charge in [-0.15, -0.1) is 0 Å². The van der Waals surface area contributed by atoms with E-state index in [0.29, 0.717) is 35.8 Å². The largest absolute Gasteiger partial charge is 0.439 e. The first-order valence-electron chi connectivity index (χ1n) is 6.78. The van der Waals surface area contributed by atoms with E-state index in [2.05, 4.69) is 9.88 Å². The lowest BCUT2D eigenvalue weighted by Crippen LogP contribution is -2.47. The van der Waals surface area contributed by atoms with Crippen molar-refractivity contribution in [2.75, 3.05) is 25.4 Å². The van der Waals surface area contributed by atoms with E-state index >= 15 is 0 Å². The van der Waals surface area contributed by atoms with Gasteiger partial charge in [0, 0.05) is 13.1 Å². The molecular weight excluding hydrogens is 258 g/mol. The highest BCUT2D eigenvalue weighted by atomic mass is 16.5. The minimum Gasteiger partial charge on any atom is -0.439 e. The first-order valence-corrected chi connectivity index (χ1v) is 6.78. The normalized spacial score (nSPS) is 24.3. The van der Waals surface area contributed by atoms with E-state index in [1.807, 2.05) is 25.1 Å². The average molecular weight is 277 g/mol. The van der Waals surface area contributed by atoms with E-state index in [1.165, 1.54) is 0 Å². The van der Waals surface area contributed by atoms with Crippen LogP contribution >= 0.6 is 0 Å². The van der Waals surface area contributed by atoms with Crippen LogP contribution in [0.5, 0.6) is 0 Å². The SMILES string of the molecule is CC1CN(Cc2nc3c(N)cccc3o2)CC(CO)O1. The summed E-state index contributed by atoms with van der Waals surface area (Å²) in [5.41, 5.74) is 7.92. The van der Waals surface area contributed by atoms with Gasteiger partial charge in [0.1, 0.15) is 5.52 Å². The van der Waals surface area contributed by atoms with Gasteiger partial charge >= 0.3 is 0 Å². The Hall–Kier alpha value is -1.63. The van der Waals surface area contributed by atoms with Gasteiger partial charge in [0.25, 0.3) is 0 Å². The van der Waals surface area contributed by atoms with Gasteiger partial charge in [0.05, 0.1) is 31.0 Å². The maximum Gasteiger partial charge on any atom is 0.209 e. The predicted octanol–water partition coefficient (Wildman–Crippen LogP) is 0.992. The van der Waals surface area contributed by atoms with Gasteiger partial charge in [-0.1, -0.05) is 6.07 Å². The topological polar surface area (TPSA) is 84.8 Å². The number of fused-ring (bicyclic) bond motifs is 1. The first kappa shape index (κ1) is 13.4. The van der Waals surface area contributed by atoms with E-state index < -0.39 is 0 Å². The number of hydrogen-bond donors (Lipinski definition) is 2. The Balaban J connectivity index is 1.77. The standard InChI is InChI=1S/C14H19N3O3/c1-9-5-17(6-10(8-18)19-9)7-13-16-14-11(15)3-2-4-12(14)20-13/h2-4,9-10,18H,5-8,15H2,1H3. The molecule has 0 spiro atoms. The van der Waals surface area contributed by atoms with Gasteiger partial charge in [-0.25, -0.2) is 4.98 Å². The second kappa shape index (κ2) is 5.40. The molecule has 1 aliphatic heterocycles. The number of aromatic nitrogens is 1. The molecule has 1 saturated heterocycles. The molecule has 3 N–H and O–H groups in total. The van der Waals surface area contributed by atoms with E-state index in [4.69, 9.17) is 14.9 Å². The number of aliphatic hydroxyl groups is 1. The second-order valence-corrected chi connectivity index (χ2v) is 5.25. The number of nitrogen functional groups attached to an aromatic ring is 1. The zero-order valence-electron chi connectivity index (χ0n) is 11.5. The van der Waals surface area contributed by atoms with Crippen molar-refractivity contribution in [1.82, 2.24) is 9.88 Å². The monoisotopic (exact) mass is 277 g/mol. The fraction of sp³-hybridized carbons (Fsp3) is 0.500. The summed E-state index contributed by atoms with van der Waals surface area (Å²) >= 11 is 0. The summed E-state index contributed by atoms with van der Waals surface area (Å²) in [6.45, 7) is 4.10. The lowest BCUT2D eigenvalue weighted by atomic mass is 10.2. The molecule has 2 heterocycles. The zero-order valence-corrected chi connectivity index (χ0v) is 11.5. The first-order chi connectivity index (χ1) is 9.65. The molecule has 1 fully saturated rings. The molecule has 1 aliphatic rings. The van der Waals surface area contributed by atoms with Crippen LogP contribution in [0, 0.1) is 0 Å². The summed E-state index contributed by atoms with van der Waals surface area (Å²) < 4.78 is 11.3. The number of aliphatic hydroxyl groups excluding tert-OH is 1. The molecule has 6 heteroatoms. The fourth-order valence-corrected chi connectivity index (χ4v) is 2.65. The van der Waals surface area contributed by atoms with Crippen LogP contribution in [-0.2, 0) is 11.3 Å². The summed E-state index contributed by atoms with van der Waals surface area (Å²) in [6.07, 6.45) is -0.0523. The quantitative estimate of drug-likeness (QED) is 0.814. The molecule has 0 bridgehead atoms. The van der Waals surface area contributed by atoms with Gasteiger partial charge in [0.2, 0.25) is 5.89 Å². The van der Waals surface area contributed by atoms with Gasteiger partial charge in [0.15, 0.2) is 5.58 Å². The van der Waals surface area contributed by atoms with E-state index in [0.717, 1.165) is 6.54 Å². The van der Waals surface area contributed by atoms with Crippen molar-refractivity contribution in [2.45, 2.75) is 25.7 Å². The molecule has 0 radical (unpaired) electrons. The smallest absolute Gasteiger partial charge is 0.209 e. The van der Waals surface area contributed by atoms with Crippen molar-refractivity contribution < 1.29 is 14.3 Å². The minimum absolute atomic E-state index is 0.0291. The molecule has 6 nitrogen and oxygen atoms in total. The average Bonchev–Trinajstić information content (AvgIpc) is 2.82. The van der Waals surface area contributed by atoms with Crippen LogP contribution in [0.1, 0.15) is 12.8 Å². The van der Waals surface area contributed by atoms with Crippen molar-refractivity contribution in [3.63, 3.8) is 0 Å². The highest BCUT2D eigenvalue weighted by Crippen LogP contribution is 2.22. The van der Waals surface area contributed by atoms with Crippen molar-refractivity contribution in [3.8, 4) is 0 Å². The number of nitrogens with two attached hydrogens (primary N) is 1. The van der Waals surface area contributed by atoms with Gasteiger partial charge in [-0.2, -0.15) is 0 Å². The molecule has 20 heavy (non-hydrogen) atoms. The Morgan fingerprint density at radius 2 is 2.30 bits per heavy atom. The minimum atomic E-state index is -0.145. The fourth-order valence-electron chi connectivity index (χ4n) is 2.65. The van der Waals surface area contributed by atoms with Crippen molar-refractivity contribution in [1.29, 1.82) is 0 Å². The molecule has 0 amide bonds. The highest BCUT2D eigenvalue weighted by Gasteiger charge is 2.25. The Kier molecular flexibility index (Phi) is 3.60. The van der Waals surface area contributed by atoms with Gasteiger partial charge in [-0.3, -0.25) is 4.90 Å². The molecule has 1 aromatic carbocycles. The lowest BCUT2D eigenvalue weighted by molar-refractivity contribution is -0.0985. The third-order valence-electron chi connectivity index (χ3n) is 3.46. The molecule has 2 unspecified atom stereocenters. The van der Waals surface area contributed by atoms with Crippen LogP contribution in [0.3, 0.4) is 0 Å². The number of nitrogens with zero attached hydrogens (tertiary/aromatic N) is 2. The number of rotatable bonds is 3. The molecule has 0 saturated carbocycles. The number of para-hydroxylation sites is 1. The third kappa shape index (κ3) is 2.63. The zero-order chi connectivity index (χ0) is 14.1. The Morgan fingerprint density at radius 1 is 1.45 bits per heavy atom. The Morgan fingerprint density at radius 3 is 3.05 bits per heavy atom. The second-order valence-electron chi connectivity index (χ2n) is 5.25. The summed E-state index contributed by atoms with van der Waals surface area (Å²) in [6, 6.07) is 5.53. The summed E-state index contributed by atoms with van der Waals surface area (Å²) in [7, 11) is 0. The van der Waals surface area contributed by atoms with E-state index in [1.54, 1.807) is 0 Å². The molecule has 108 valence electrons. The Bertz CT molecular complexity index is 598. The molecule has 2 atom stereocenters. The molecule has 1 aromatic heterocycles. The van der Waals surface area contributed by atoms with Crippen LogP contribution in [0.2, 0.25) is 0 Å². The van der Waals surface area contributed by atoms with Crippen molar-refractivity contribution in [2.24, 2.45) is 0 Å². The number of oxazole rings is 1. The molecule has 0 aliphatic carbocycles. The third-order valence-corrected chi connectivity index (χ3v) is 3.46. The molecule has 3 rings (SSSR count). The maximum atomic E-state index is 9.24. The van der Waals surface area contributed by atoms with E-state index in [-0.39, 0.29) is 18.8 Å². The van der Waals surface area contributed by atoms with Crippen LogP contribution in [0.15, 0.2) is 22.6 Å². The predicted molar refractivity (Wildman–Crippen MR) is 75.1 cm³/mol. The van der Waals surface area contributed by atoms with Crippen LogP contribution in [-0.4, -0.2) is 46.9 Å². The van der Waals surface area contributed by atoms with Crippen LogP contribution in [0.25, 0.3) is 11.1 Å². The lowest BCUT2D eigenvalue weighted by Gasteiger charge is -2.35. The number of hydrogen-bond acceptors (Lipinski definition) is 6. The summed E-state index contributed by atoms with van der Waals surface area (Å²) in [5.74, 6) is 0.642. The number of benzene rings is 1. The summed E-state index contributed by atoms with van der Waals surface area (Å²) in [4.78, 5) is 6.62. The van der Waals surface area contributed by atoms with E-state index in [9.17, 15) is 5.11 Å². The summed E-state index contributed by atoms with van der Waals surface area (Å²) in [5, 5.41) is 9.24. The number of ether oxygens (including phenoxy) is 1. The Labute approximate surface area is 117 Å². The highest BCUT2D eigenvalue weighted by molar-refractivity contribution is 5.85. The van der Waals surface area contributed by atoms with Gasteiger partial charge < -0.3 is 20.0 Å². The van der Waals surface area contributed by atoms with Crippen LogP contribution in [0.4, 0.5) is 5.69 Å². The van der Waals surface area contributed by atoms with Gasteiger partial charge in [-0.05, 0) is 19.1 Å². The van der Waals surface area contributed by atoms with Crippen molar-refractivity contribution >= 4 is 16.8 Å². The number of anilines is 1. The molecular formula is C14H19N3O3. The molecule has 2 aromatic rings. The maximum absolute atomic E-state index is 9.24. The number of morpholine rings is 1. The van der Waals surface area contributed by atoms with Crippen molar-refractivity contribution in [3.05, 3.63) is 24.1 Å². The van der Waals surface area contributed by atoms with Crippen LogP contribution < -0.4 is 5.73 Å².